The highest BCUT2D eigenvalue weighted by Crippen LogP contribution is 2.17. The Labute approximate surface area is 181 Å². The summed E-state index contributed by atoms with van der Waals surface area (Å²) in [5.41, 5.74) is 1.61. The van der Waals surface area contributed by atoms with Crippen molar-refractivity contribution >= 4 is 5.91 Å². The molecule has 1 aromatic heterocycles. The van der Waals surface area contributed by atoms with Gasteiger partial charge >= 0.3 is 0 Å². The Morgan fingerprint density at radius 2 is 1.94 bits per heavy atom. The first-order valence-electron chi connectivity index (χ1n) is 10.5. The molecule has 6 nitrogen and oxygen atoms in total. The van der Waals surface area contributed by atoms with Crippen LogP contribution in [-0.4, -0.2) is 51.4 Å². The number of rotatable bonds is 6. The molecule has 2 aromatic carbocycles. The van der Waals surface area contributed by atoms with E-state index >= 15 is 0 Å². The lowest BCUT2D eigenvalue weighted by Crippen LogP contribution is -2.35. The van der Waals surface area contributed by atoms with Crippen LogP contribution >= 0.6 is 0 Å². The van der Waals surface area contributed by atoms with E-state index in [1.807, 2.05) is 34.8 Å². The number of benzene rings is 2. The average molecular weight is 423 g/mol. The smallest absolute Gasteiger partial charge is 0.254 e. The standard InChI is InChI=1S/C24H27FN4O2/c1-27-13-10-26-23(27)18-31-22-8-6-19(7-9-22)17-28-11-3-12-29(15-14-28)24(30)20-4-2-5-21(25)16-20/h2,4-10,13,16H,3,11-12,14-15,17-18H2,1H3. The lowest BCUT2D eigenvalue weighted by atomic mass is 10.2. The zero-order chi connectivity index (χ0) is 21.6. The van der Waals surface area contributed by atoms with Gasteiger partial charge in [0.05, 0.1) is 0 Å². The Balaban J connectivity index is 1.29. The molecule has 3 aromatic rings. The molecule has 1 amide bonds. The highest BCUT2D eigenvalue weighted by Gasteiger charge is 2.20. The zero-order valence-corrected chi connectivity index (χ0v) is 17.7. The molecule has 1 saturated heterocycles. The number of carbonyl (C=O) groups excluding carboxylic acids is 1. The first-order chi connectivity index (χ1) is 15.1. The van der Waals surface area contributed by atoms with Gasteiger partial charge in [-0.25, -0.2) is 9.37 Å². The van der Waals surface area contributed by atoms with Crippen LogP contribution in [0.3, 0.4) is 0 Å². The number of carbonyl (C=O) groups is 1. The monoisotopic (exact) mass is 422 g/mol. The van der Waals surface area contributed by atoms with E-state index in [2.05, 4.69) is 22.0 Å². The minimum absolute atomic E-state index is 0.101. The first-order valence-corrected chi connectivity index (χ1v) is 10.5. The molecule has 1 aliphatic rings. The number of aryl methyl sites for hydroxylation is 1. The number of amides is 1. The number of hydrogen-bond acceptors (Lipinski definition) is 4. The third-order valence-corrected chi connectivity index (χ3v) is 5.57. The van der Waals surface area contributed by atoms with E-state index in [9.17, 15) is 9.18 Å². The lowest BCUT2D eigenvalue weighted by molar-refractivity contribution is 0.0760. The molecule has 0 bridgehead atoms. The van der Waals surface area contributed by atoms with Crippen molar-refractivity contribution in [2.75, 3.05) is 26.2 Å². The topological polar surface area (TPSA) is 50.6 Å². The SMILES string of the molecule is Cn1ccnc1COc1ccc(CN2CCCN(C(=O)c3cccc(F)c3)CC2)cc1. The summed E-state index contributed by atoms with van der Waals surface area (Å²) in [7, 11) is 1.95. The summed E-state index contributed by atoms with van der Waals surface area (Å²) < 4.78 is 21.2. The van der Waals surface area contributed by atoms with Crippen LogP contribution in [0.4, 0.5) is 4.39 Å². The number of hydrogen-bond donors (Lipinski definition) is 0. The Morgan fingerprint density at radius 1 is 1.10 bits per heavy atom. The van der Waals surface area contributed by atoms with Gasteiger partial charge in [0.2, 0.25) is 0 Å². The molecule has 0 saturated carbocycles. The average Bonchev–Trinajstić information content (AvgIpc) is 3.04. The molecule has 4 rings (SSSR count). The van der Waals surface area contributed by atoms with Crippen molar-refractivity contribution in [3.63, 3.8) is 0 Å². The van der Waals surface area contributed by atoms with Crippen molar-refractivity contribution < 1.29 is 13.9 Å². The van der Waals surface area contributed by atoms with E-state index in [1.54, 1.807) is 18.3 Å². The predicted octanol–water partition coefficient (Wildman–Crippen LogP) is 3.49. The molecule has 0 spiro atoms. The lowest BCUT2D eigenvalue weighted by Gasteiger charge is -2.22. The van der Waals surface area contributed by atoms with Crippen molar-refractivity contribution in [3.8, 4) is 5.75 Å². The number of halogens is 1. The summed E-state index contributed by atoms with van der Waals surface area (Å²) in [6.45, 7) is 4.29. The molecule has 0 N–H and O–H groups in total. The van der Waals surface area contributed by atoms with Crippen LogP contribution in [0.2, 0.25) is 0 Å². The van der Waals surface area contributed by atoms with Gasteiger partial charge < -0.3 is 14.2 Å². The summed E-state index contributed by atoms with van der Waals surface area (Å²) >= 11 is 0. The number of nitrogens with zero attached hydrogens (tertiary/aromatic N) is 4. The van der Waals surface area contributed by atoms with Gasteiger partial charge in [0.25, 0.3) is 5.91 Å². The van der Waals surface area contributed by atoms with Gasteiger partial charge in [-0.1, -0.05) is 18.2 Å². The zero-order valence-electron chi connectivity index (χ0n) is 17.7. The Bertz CT molecular complexity index is 1020. The quantitative estimate of drug-likeness (QED) is 0.610. The van der Waals surface area contributed by atoms with Crippen molar-refractivity contribution in [1.29, 1.82) is 0 Å². The van der Waals surface area contributed by atoms with Gasteiger partial charge in [0.1, 0.15) is 24.0 Å². The molecular weight excluding hydrogens is 395 g/mol. The Kier molecular flexibility index (Phi) is 6.62. The second-order valence-corrected chi connectivity index (χ2v) is 7.82. The highest BCUT2D eigenvalue weighted by atomic mass is 19.1. The Hall–Kier alpha value is -3.19. The molecular formula is C24H27FN4O2. The third kappa shape index (κ3) is 5.49. The molecule has 1 aliphatic heterocycles. The molecule has 0 unspecified atom stereocenters. The van der Waals surface area contributed by atoms with Crippen LogP contribution in [0.15, 0.2) is 60.9 Å². The summed E-state index contributed by atoms with van der Waals surface area (Å²) in [5, 5.41) is 0. The van der Waals surface area contributed by atoms with E-state index in [-0.39, 0.29) is 11.7 Å². The minimum atomic E-state index is -0.380. The normalized spacial score (nSPS) is 15.0. The van der Waals surface area contributed by atoms with E-state index < -0.39 is 0 Å². The summed E-state index contributed by atoms with van der Waals surface area (Å²) in [5.74, 6) is 1.21. The van der Waals surface area contributed by atoms with Crippen molar-refractivity contribution in [3.05, 3.63) is 83.7 Å². The van der Waals surface area contributed by atoms with Gasteiger partial charge in [-0.2, -0.15) is 0 Å². The van der Waals surface area contributed by atoms with Gasteiger partial charge in [-0.3, -0.25) is 9.69 Å². The number of ether oxygens (including phenoxy) is 1. The van der Waals surface area contributed by atoms with Crippen LogP contribution in [0.1, 0.15) is 28.2 Å². The molecule has 0 atom stereocenters. The number of aromatic nitrogens is 2. The molecule has 162 valence electrons. The van der Waals surface area contributed by atoms with Crippen LogP contribution in [0, 0.1) is 5.82 Å². The van der Waals surface area contributed by atoms with E-state index in [0.29, 0.717) is 25.3 Å². The second-order valence-electron chi connectivity index (χ2n) is 7.82. The van der Waals surface area contributed by atoms with Gasteiger partial charge in [-0.05, 0) is 42.3 Å². The predicted molar refractivity (Wildman–Crippen MR) is 116 cm³/mol. The highest BCUT2D eigenvalue weighted by molar-refractivity contribution is 5.94. The fourth-order valence-corrected chi connectivity index (χ4v) is 3.77. The van der Waals surface area contributed by atoms with Crippen LogP contribution < -0.4 is 4.74 Å². The molecule has 0 radical (unpaired) electrons. The second kappa shape index (κ2) is 9.75. The van der Waals surface area contributed by atoms with E-state index in [4.69, 9.17) is 4.74 Å². The van der Waals surface area contributed by atoms with Crippen molar-refractivity contribution in [2.45, 2.75) is 19.6 Å². The minimum Gasteiger partial charge on any atom is -0.486 e. The third-order valence-electron chi connectivity index (χ3n) is 5.57. The molecule has 31 heavy (non-hydrogen) atoms. The van der Waals surface area contributed by atoms with Gasteiger partial charge in [0, 0.05) is 57.7 Å². The molecule has 7 heteroatoms. The van der Waals surface area contributed by atoms with Crippen molar-refractivity contribution in [1.82, 2.24) is 19.4 Å². The maximum atomic E-state index is 13.5. The molecule has 1 fully saturated rings. The van der Waals surface area contributed by atoms with Crippen LogP contribution in [0.25, 0.3) is 0 Å². The van der Waals surface area contributed by atoms with Crippen molar-refractivity contribution in [2.24, 2.45) is 7.05 Å². The van der Waals surface area contributed by atoms with Crippen LogP contribution in [0.5, 0.6) is 5.75 Å². The van der Waals surface area contributed by atoms with Gasteiger partial charge in [-0.15, -0.1) is 0 Å². The van der Waals surface area contributed by atoms with Crippen LogP contribution in [-0.2, 0) is 20.2 Å². The molecule has 2 heterocycles. The molecule has 0 aliphatic carbocycles. The summed E-state index contributed by atoms with van der Waals surface area (Å²) in [6, 6.07) is 14.0. The summed E-state index contributed by atoms with van der Waals surface area (Å²) in [4.78, 5) is 21.1. The number of imidazole rings is 1. The Morgan fingerprint density at radius 3 is 2.68 bits per heavy atom. The van der Waals surface area contributed by atoms with Gasteiger partial charge in [0.15, 0.2) is 0 Å². The fraction of sp³-hybridized carbons (Fsp3) is 0.333. The summed E-state index contributed by atoms with van der Waals surface area (Å²) in [6.07, 6.45) is 4.55. The maximum absolute atomic E-state index is 13.5. The maximum Gasteiger partial charge on any atom is 0.254 e. The largest absolute Gasteiger partial charge is 0.486 e. The fourth-order valence-electron chi connectivity index (χ4n) is 3.77. The van der Waals surface area contributed by atoms with E-state index in [1.165, 1.54) is 17.7 Å². The van der Waals surface area contributed by atoms with E-state index in [0.717, 1.165) is 37.6 Å². The first kappa shape index (κ1) is 21.1.